The quantitative estimate of drug-likeness (QED) is 0.356. The maximum absolute atomic E-state index is 12.6. The zero-order valence-corrected chi connectivity index (χ0v) is 20.0. The van der Waals surface area contributed by atoms with E-state index in [2.05, 4.69) is 32.0 Å². The van der Waals surface area contributed by atoms with E-state index in [0.29, 0.717) is 52.8 Å². The predicted octanol–water partition coefficient (Wildman–Crippen LogP) is 6.91. The van der Waals surface area contributed by atoms with Crippen molar-refractivity contribution in [3.8, 4) is 17.2 Å². The average Bonchev–Trinajstić information content (AvgIpc) is 2.81. The Bertz CT molecular complexity index is 1220. The van der Waals surface area contributed by atoms with Crippen molar-refractivity contribution in [2.45, 2.75) is 45.4 Å². The topological polar surface area (TPSA) is 72.8 Å². The lowest BCUT2D eigenvalue weighted by Gasteiger charge is -2.24. The van der Waals surface area contributed by atoms with Crippen LogP contribution in [0.15, 0.2) is 54.6 Å². The first-order chi connectivity index (χ1) is 16.3. The van der Waals surface area contributed by atoms with Crippen LogP contribution in [0.5, 0.6) is 17.2 Å². The maximum atomic E-state index is 12.6. The van der Waals surface area contributed by atoms with E-state index in [9.17, 15) is 14.7 Å². The van der Waals surface area contributed by atoms with Crippen LogP contribution in [0.4, 0.5) is 0 Å². The van der Waals surface area contributed by atoms with E-state index in [1.807, 2.05) is 0 Å². The van der Waals surface area contributed by atoms with E-state index in [1.54, 1.807) is 36.4 Å². The molecule has 0 fully saturated rings. The van der Waals surface area contributed by atoms with Gasteiger partial charge in [0.05, 0.1) is 17.5 Å². The van der Waals surface area contributed by atoms with Gasteiger partial charge < -0.3 is 14.6 Å². The van der Waals surface area contributed by atoms with Crippen molar-refractivity contribution in [1.29, 1.82) is 0 Å². The largest absolute Gasteiger partial charge is 0.493 e. The Hall–Kier alpha value is -3.31. The fraction of sp³-hybridized carbons (Fsp3) is 0.286. The van der Waals surface area contributed by atoms with E-state index in [1.165, 1.54) is 16.7 Å². The number of halogens is 1. The Balaban J connectivity index is 1.38. The molecule has 4 rings (SSSR count). The van der Waals surface area contributed by atoms with Gasteiger partial charge in [-0.2, -0.15) is 0 Å². The lowest BCUT2D eigenvalue weighted by Crippen LogP contribution is -2.20. The van der Waals surface area contributed by atoms with Crippen LogP contribution in [0.1, 0.15) is 57.8 Å². The second kappa shape index (κ2) is 10.3. The molecule has 0 radical (unpaired) electrons. The normalized spacial score (nSPS) is 14.7. The van der Waals surface area contributed by atoms with E-state index >= 15 is 0 Å². The van der Waals surface area contributed by atoms with Crippen LogP contribution in [0.2, 0.25) is 5.02 Å². The Morgan fingerprint density at radius 2 is 1.85 bits per heavy atom. The molecule has 0 aromatic heterocycles. The summed E-state index contributed by atoms with van der Waals surface area (Å²) in [5.74, 6) is -0.0813. The monoisotopic (exact) mass is 478 g/mol. The predicted molar refractivity (Wildman–Crippen MR) is 132 cm³/mol. The summed E-state index contributed by atoms with van der Waals surface area (Å²) >= 11 is 6.36. The van der Waals surface area contributed by atoms with Crippen molar-refractivity contribution >= 4 is 23.4 Å². The van der Waals surface area contributed by atoms with Crippen molar-refractivity contribution in [1.82, 2.24) is 0 Å². The highest BCUT2D eigenvalue weighted by Crippen LogP contribution is 2.41. The third-order valence-corrected chi connectivity index (χ3v) is 6.45. The molecule has 1 aliphatic rings. The molecule has 1 N–H and O–H groups in total. The molecule has 34 heavy (non-hydrogen) atoms. The van der Waals surface area contributed by atoms with Gasteiger partial charge in [-0.1, -0.05) is 35.4 Å². The Kier molecular flexibility index (Phi) is 7.23. The summed E-state index contributed by atoms with van der Waals surface area (Å²) in [6, 6.07) is 16.6. The van der Waals surface area contributed by atoms with Gasteiger partial charge in [0, 0.05) is 23.6 Å². The molecule has 1 unspecified atom stereocenters. The zero-order chi connectivity index (χ0) is 24.2. The molecule has 6 heteroatoms. The number of fused-ring (bicyclic) bond motifs is 1. The molecular weight excluding hydrogens is 452 g/mol. The van der Waals surface area contributed by atoms with Crippen LogP contribution >= 0.6 is 11.6 Å². The number of ketones is 1. The maximum Gasteiger partial charge on any atom is 0.311 e. The minimum Gasteiger partial charge on any atom is -0.493 e. The molecule has 1 heterocycles. The molecule has 1 aliphatic heterocycles. The standard InChI is InChI=1S/C28H27ClO5/c1-17-6-7-19(18(2)14-17)4-3-5-25(30)20-8-10-21(11-9-20)34-27-16-26-23(15-24(27)29)22(28(31)32)12-13-33-26/h6-11,14-16,22H,3-5,12-13H2,1-2H3,(H,31,32). The molecule has 5 nitrogen and oxygen atoms in total. The van der Waals surface area contributed by atoms with Gasteiger partial charge in [-0.25, -0.2) is 0 Å². The number of rotatable bonds is 8. The minimum atomic E-state index is -0.899. The van der Waals surface area contributed by atoms with Crippen LogP contribution in [0, 0.1) is 13.8 Å². The molecule has 0 saturated carbocycles. The van der Waals surface area contributed by atoms with Gasteiger partial charge in [-0.15, -0.1) is 0 Å². The lowest BCUT2D eigenvalue weighted by atomic mass is 9.93. The first-order valence-electron chi connectivity index (χ1n) is 11.4. The number of hydrogen-bond donors (Lipinski definition) is 1. The number of carboxylic acids is 1. The Morgan fingerprint density at radius 1 is 1.09 bits per heavy atom. The average molecular weight is 479 g/mol. The van der Waals surface area contributed by atoms with Crippen LogP contribution < -0.4 is 9.47 Å². The van der Waals surface area contributed by atoms with Crippen LogP contribution in [0.25, 0.3) is 0 Å². The number of ether oxygens (including phenoxy) is 2. The molecular formula is C28H27ClO5. The molecule has 0 saturated heterocycles. The van der Waals surface area contributed by atoms with Gasteiger partial charge in [0.15, 0.2) is 5.78 Å². The van der Waals surface area contributed by atoms with Crippen molar-refractivity contribution in [2.24, 2.45) is 0 Å². The van der Waals surface area contributed by atoms with Crippen LogP contribution in [-0.4, -0.2) is 23.5 Å². The number of benzene rings is 3. The Morgan fingerprint density at radius 3 is 2.56 bits per heavy atom. The first-order valence-corrected chi connectivity index (χ1v) is 11.8. The third kappa shape index (κ3) is 5.42. The number of aryl methyl sites for hydroxylation is 3. The summed E-state index contributed by atoms with van der Waals surface area (Å²) in [7, 11) is 0. The summed E-state index contributed by atoms with van der Waals surface area (Å²) in [4.78, 5) is 24.1. The van der Waals surface area contributed by atoms with Gasteiger partial charge in [0.2, 0.25) is 0 Å². The molecule has 0 bridgehead atoms. The van der Waals surface area contributed by atoms with Gasteiger partial charge >= 0.3 is 5.97 Å². The van der Waals surface area contributed by atoms with Crippen molar-refractivity contribution < 1.29 is 24.2 Å². The molecule has 0 spiro atoms. The van der Waals surface area contributed by atoms with Crippen LogP contribution in [-0.2, 0) is 11.2 Å². The number of aliphatic carboxylic acids is 1. The first kappa shape index (κ1) is 23.8. The SMILES string of the molecule is Cc1ccc(CCCC(=O)c2ccc(Oc3cc4c(cc3Cl)C(C(=O)O)CCO4)cc2)c(C)c1. The van der Waals surface area contributed by atoms with Crippen molar-refractivity contribution in [3.05, 3.63) is 87.4 Å². The number of carboxylic acid groups (broad SMARTS) is 1. The molecule has 0 aliphatic carbocycles. The number of carbonyl (C=O) groups excluding carboxylic acids is 1. The fourth-order valence-corrected chi connectivity index (χ4v) is 4.48. The van der Waals surface area contributed by atoms with E-state index < -0.39 is 11.9 Å². The molecule has 3 aromatic carbocycles. The van der Waals surface area contributed by atoms with Crippen molar-refractivity contribution in [3.63, 3.8) is 0 Å². The van der Waals surface area contributed by atoms with Gasteiger partial charge in [-0.05, 0) is 74.6 Å². The summed E-state index contributed by atoms with van der Waals surface area (Å²) < 4.78 is 11.5. The smallest absolute Gasteiger partial charge is 0.311 e. The van der Waals surface area contributed by atoms with E-state index in [0.717, 1.165) is 12.8 Å². The van der Waals surface area contributed by atoms with Crippen LogP contribution in [0.3, 0.4) is 0 Å². The highest BCUT2D eigenvalue weighted by Gasteiger charge is 2.29. The fourth-order valence-electron chi connectivity index (χ4n) is 4.27. The Labute approximate surface area is 204 Å². The number of carbonyl (C=O) groups is 2. The van der Waals surface area contributed by atoms with Gasteiger partial charge in [0.1, 0.15) is 17.2 Å². The minimum absolute atomic E-state index is 0.0937. The molecule has 0 amide bonds. The highest BCUT2D eigenvalue weighted by atomic mass is 35.5. The van der Waals surface area contributed by atoms with Crippen molar-refractivity contribution in [2.75, 3.05) is 6.61 Å². The van der Waals surface area contributed by atoms with E-state index in [-0.39, 0.29) is 5.78 Å². The van der Waals surface area contributed by atoms with Gasteiger partial charge in [0.25, 0.3) is 0 Å². The summed E-state index contributed by atoms with van der Waals surface area (Å²) in [5.41, 5.74) is 4.98. The summed E-state index contributed by atoms with van der Waals surface area (Å²) in [6.45, 7) is 4.51. The highest BCUT2D eigenvalue weighted by molar-refractivity contribution is 6.32. The summed E-state index contributed by atoms with van der Waals surface area (Å²) in [5, 5.41) is 9.74. The number of Topliss-reactive ketones (excluding diaryl/α,β-unsaturated/α-hetero) is 1. The molecule has 176 valence electrons. The second-order valence-electron chi connectivity index (χ2n) is 8.68. The van der Waals surface area contributed by atoms with E-state index in [4.69, 9.17) is 21.1 Å². The summed E-state index contributed by atoms with van der Waals surface area (Å²) in [6.07, 6.45) is 2.55. The zero-order valence-electron chi connectivity index (χ0n) is 19.3. The lowest BCUT2D eigenvalue weighted by molar-refractivity contribution is -0.139. The molecule has 1 atom stereocenters. The third-order valence-electron chi connectivity index (χ3n) is 6.15. The second-order valence-corrected chi connectivity index (χ2v) is 9.09. The number of hydrogen-bond acceptors (Lipinski definition) is 4. The van der Waals surface area contributed by atoms with Gasteiger partial charge in [-0.3, -0.25) is 9.59 Å². The molecule has 3 aromatic rings.